The van der Waals surface area contributed by atoms with Gasteiger partial charge in [-0.3, -0.25) is 4.63 Å². The highest BCUT2D eigenvalue weighted by atomic mass is 16.8. The number of ether oxygens (including phenoxy) is 2. The van der Waals surface area contributed by atoms with Crippen molar-refractivity contribution in [1.82, 2.24) is 5.16 Å². The molecule has 5 aromatic rings. The van der Waals surface area contributed by atoms with Gasteiger partial charge in [0.1, 0.15) is 11.5 Å². The summed E-state index contributed by atoms with van der Waals surface area (Å²) in [6.07, 6.45) is 3.97. The molecule has 0 unspecified atom stereocenters. The van der Waals surface area contributed by atoms with E-state index in [1.54, 1.807) is 72.8 Å². The number of carbonyl (C=O) groups excluding carboxylic acids is 2. The predicted octanol–water partition coefficient (Wildman–Crippen LogP) is 6.99. The van der Waals surface area contributed by atoms with Crippen LogP contribution < -0.4 is 14.4 Å². The zero-order chi connectivity index (χ0) is 29.5. The van der Waals surface area contributed by atoms with Crippen molar-refractivity contribution in [2.45, 2.75) is 39.5 Å². The smallest absolute Gasteiger partial charge is 0.343 e. The second kappa shape index (κ2) is 13.0. The van der Waals surface area contributed by atoms with Crippen molar-refractivity contribution in [2.75, 3.05) is 0 Å². The molecule has 8 nitrogen and oxygen atoms in total. The number of nitrogens with zero attached hydrogens (tertiary/aromatic N) is 2. The highest BCUT2D eigenvalue weighted by Crippen LogP contribution is 2.30. The van der Waals surface area contributed by atoms with Crippen LogP contribution in [0, 0.1) is 5.21 Å². The number of hydrogen-bond donors (Lipinski definition) is 0. The van der Waals surface area contributed by atoms with Crippen molar-refractivity contribution in [3.63, 3.8) is 0 Å². The molecule has 0 N–H and O–H groups in total. The van der Waals surface area contributed by atoms with Gasteiger partial charge in [0.2, 0.25) is 5.69 Å². The third-order valence-corrected chi connectivity index (χ3v) is 6.75. The third-order valence-electron chi connectivity index (χ3n) is 6.75. The minimum atomic E-state index is -0.468. The maximum atomic E-state index is 12.6. The van der Waals surface area contributed by atoms with Gasteiger partial charge >= 0.3 is 11.9 Å². The number of benzene rings is 4. The number of aromatic nitrogens is 2. The molecule has 0 aliphatic rings. The largest absolute Gasteiger partial charge is 0.423 e. The number of rotatable bonds is 10. The van der Waals surface area contributed by atoms with E-state index >= 15 is 0 Å². The van der Waals surface area contributed by atoms with Crippen molar-refractivity contribution < 1.29 is 28.6 Å². The summed E-state index contributed by atoms with van der Waals surface area (Å²) < 4.78 is 15.9. The normalized spacial score (nSPS) is 10.8. The van der Waals surface area contributed by atoms with Gasteiger partial charge in [-0.25, -0.2) is 9.59 Å². The first kappa shape index (κ1) is 28.3. The summed E-state index contributed by atoms with van der Waals surface area (Å²) in [6.45, 7) is 4.21. The number of carbonyl (C=O) groups is 2. The summed E-state index contributed by atoms with van der Waals surface area (Å²) in [7, 11) is 0. The Bertz CT molecular complexity index is 1660. The van der Waals surface area contributed by atoms with E-state index in [-0.39, 0.29) is 5.69 Å². The van der Waals surface area contributed by atoms with Gasteiger partial charge in [0.25, 0.3) is 5.69 Å². The first-order valence-electron chi connectivity index (χ1n) is 13.9. The molecule has 4 aromatic carbocycles. The van der Waals surface area contributed by atoms with Crippen molar-refractivity contribution in [1.29, 1.82) is 0 Å². The van der Waals surface area contributed by atoms with Gasteiger partial charge in [0, 0.05) is 16.3 Å². The Labute approximate surface area is 243 Å². The van der Waals surface area contributed by atoms with E-state index in [2.05, 4.69) is 19.0 Å². The van der Waals surface area contributed by atoms with Crippen LogP contribution in [0.2, 0.25) is 0 Å². The van der Waals surface area contributed by atoms with Gasteiger partial charge in [0.05, 0.1) is 11.1 Å². The van der Waals surface area contributed by atoms with Crippen molar-refractivity contribution in [3.05, 3.63) is 125 Å². The molecule has 0 saturated heterocycles. The molecular formula is C34H30N2O6. The fourth-order valence-electron chi connectivity index (χ4n) is 4.57. The molecule has 8 heteroatoms. The summed E-state index contributed by atoms with van der Waals surface area (Å²) in [5.74, 6) is -0.236. The van der Waals surface area contributed by atoms with Crippen molar-refractivity contribution in [3.8, 4) is 34.0 Å². The van der Waals surface area contributed by atoms with E-state index in [4.69, 9.17) is 14.1 Å². The SMILES string of the molecule is CCCc1ccc(C(=O)Oc2ccc(-c3no[n+]([O-])c3-c3ccc(OC(=O)c4ccc(CCC)cc4)cc3)cc2)cc1. The number of hydrogen-bond acceptors (Lipinski definition) is 7. The van der Waals surface area contributed by atoms with E-state index < -0.39 is 11.9 Å². The van der Waals surface area contributed by atoms with Gasteiger partial charge in [-0.15, -0.1) is 0 Å². The van der Waals surface area contributed by atoms with Gasteiger partial charge < -0.3 is 14.7 Å². The van der Waals surface area contributed by atoms with Crippen LogP contribution in [0.4, 0.5) is 0 Å². The van der Waals surface area contributed by atoms with Crippen LogP contribution in [0.1, 0.15) is 58.5 Å². The maximum Gasteiger partial charge on any atom is 0.343 e. The Kier molecular flexibility index (Phi) is 8.72. The third kappa shape index (κ3) is 6.55. The molecule has 0 aliphatic heterocycles. The van der Waals surface area contributed by atoms with Crippen LogP contribution >= 0.6 is 0 Å². The van der Waals surface area contributed by atoms with E-state index in [9.17, 15) is 14.8 Å². The van der Waals surface area contributed by atoms with Crippen LogP contribution in [0.15, 0.2) is 102 Å². The maximum absolute atomic E-state index is 12.6. The number of esters is 2. The first-order chi connectivity index (χ1) is 20.4. The molecule has 0 saturated carbocycles. The molecule has 0 aliphatic carbocycles. The zero-order valence-corrected chi connectivity index (χ0v) is 23.4. The van der Waals surface area contributed by atoms with E-state index in [0.717, 1.165) is 31.2 Å². The van der Waals surface area contributed by atoms with Crippen LogP contribution in [0.3, 0.4) is 0 Å². The molecular weight excluding hydrogens is 532 g/mol. The summed E-state index contributed by atoms with van der Waals surface area (Å²) in [6, 6.07) is 27.9. The second-order valence-electron chi connectivity index (χ2n) is 9.85. The minimum absolute atomic E-state index is 0.191. The fraction of sp³-hybridized carbons (Fsp3) is 0.176. The Hall–Kier alpha value is -5.24. The van der Waals surface area contributed by atoms with Crippen LogP contribution in [-0.4, -0.2) is 17.1 Å². The quantitative estimate of drug-likeness (QED) is 0.103. The van der Waals surface area contributed by atoms with E-state index in [0.29, 0.717) is 44.3 Å². The van der Waals surface area contributed by atoms with Gasteiger partial charge in [-0.1, -0.05) is 51.0 Å². The van der Waals surface area contributed by atoms with Crippen LogP contribution in [0.5, 0.6) is 11.5 Å². The Morgan fingerprint density at radius 2 is 1.10 bits per heavy atom. The predicted molar refractivity (Wildman–Crippen MR) is 157 cm³/mol. The molecule has 5 rings (SSSR count). The lowest BCUT2D eigenvalue weighted by molar-refractivity contribution is -0.793. The molecule has 1 heterocycles. The van der Waals surface area contributed by atoms with E-state index in [1.807, 2.05) is 24.3 Å². The monoisotopic (exact) mass is 562 g/mol. The molecule has 0 spiro atoms. The summed E-state index contributed by atoms with van der Waals surface area (Å²) in [5.41, 5.74) is 4.86. The highest BCUT2D eigenvalue weighted by Gasteiger charge is 2.23. The van der Waals surface area contributed by atoms with Gasteiger partial charge in [-0.05, 0) is 102 Å². The minimum Gasteiger partial charge on any atom is -0.423 e. The summed E-state index contributed by atoms with van der Waals surface area (Å²) in [4.78, 5) is 25.5. The molecule has 1 aromatic heterocycles. The van der Waals surface area contributed by atoms with Crippen LogP contribution in [-0.2, 0) is 12.8 Å². The Morgan fingerprint density at radius 1 is 0.667 bits per heavy atom. The lowest BCUT2D eigenvalue weighted by atomic mass is 10.0. The molecule has 0 bridgehead atoms. The molecule has 0 amide bonds. The summed E-state index contributed by atoms with van der Waals surface area (Å²) >= 11 is 0. The second-order valence-corrected chi connectivity index (χ2v) is 9.85. The molecule has 42 heavy (non-hydrogen) atoms. The molecule has 0 radical (unpaired) electrons. The summed E-state index contributed by atoms with van der Waals surface area (Å²) in [5, 5.41) is 16.4. The first-order valence-corrected chi connectivity index (χ1v) is 13.9. The highest BCUT2D eigenvalue weighted by molar-refractivity contribution is 5.92. The topological polar surface area (TPSA) is 106 Å². The van der Waals surface area contributed by atoms with Gasteiger partial charge in [0.15, 0.2) is 0 Å². The lowest BCUT2D eigenvalue weighted by Gasteiger charge is -2.07. The van der Waals surface area contributed by atoms with Crippen molar-refractivity contribution >= 4 is 11.9 Å². The average molecular weight is 563 g/mol. The number of aryl methyl sites for hydroxylation is 2. The van der Waals surface area contributed by atoms with Gasteiger partial charge in [-0.2, -0.15) is 0 Å². The average Bonchev–Trinajstić information content (AvgIpc) is 3.40. The zero-order valence-electron chi connectivity index (χ0n) is 23.4. The van der Waals surface area contributed by atoms with Crippen LogP contribution in [0.25, 0.3) is 22.5 Å². The van der Waals surface area contributed by atoms with E-state index in [1.165, 1.54) is 5.56 Å². The molecule has 212 valence electrons. The fourth-order valence-corrected chi connectivity index (χ4v) is 4.57. The standard InChI is InChI=1S/C34H30N2O6/c1-3-5-23-7-11-27(12-8-23)33(37)40-29-19-15-25(16-20-29)31-32(36(39)42-35-31)26-17-21-30(22-18-26)41-34(38)28-13-9-24(6-4-2)10-14-28/h7-22H,3-6H2,1-2H3. The Morgan fingerprint density at radius 3 is 1.52 bits per heavy atom. The molecule has 0 atom stereocenters. The van der Waals surface area contributed by atoms with Crippen molar-refractivity contribution in [2.24, 2.45) is 0 Å². The Balaban J connectivity index is 1.27. The lowest BCUT2D eigenvalue weighted by Crippen LogP contribution is -2.25. The molecule has 0 fully saturated rings.